The van der Waals surface area contributed by atoms with Gasteiger partial charge in [0.25, 0.3) is 0 Å². The molecule has 1 saturated heterocycles. The predicted octanol–water partition coefficient (Wildman–Crippen LogP) is 2.95. The molecule has 0 saturated carbocycles. The Hall–Kier alpha value is -1.98. The van der Waals surface area contributed by atoms with Crippen LogP contribution in [0.3, 0.4) is 0 Å². The van der Waals surface area contributed by atoms with E-state index in [1.54, 1.807) is 12.1 Å². The largest absolute Gasteiger partial charge is 0.481 e. The molecule has 3 rings (SSSR count). The topological polar surface area (TPSA) is 58.6 Å². The number of rotatable bonds is 5. The van der Waals surface area contributed by atoms with E-state index in [1.165, 1.54) is 6.07 Å². The van der Waals surface area contributed by atoms with Gasteiger partial charge in [-0.3, -0.25) is 4.79 Å². The number of halogens is 1. The van der Waals surface area contributed by atoms with Crippen molar-refractivity contribution in [2.45, 2.75) is 19.4 Å². The van der Waals surface area contributed by atoms with Crippen LogP contribution in [0.4, 0.5) is 4.39 Å². The fourth-order valence-electron chi connectivity index (χ4n) is 3.14. The van der Waals surface area contributed by atoms with Crippen LogP contribution in [0.1, 0.15) is 18.4 Å². The highest BCUT2D eigenvalue weighted by atomic mass is 19.1. The summed E-state index contributed by atoms with van der Waals surface area (Å²) in [5.74, 6) is -1.02. The van der Waals surface area contributed by atoms with Crippen molar-refractivity contribution in [1.29, 1.82) is 0 Å². The molecule has 122 valence electrons. The molecular weight excluding hydrogens is 297 g/mol. The number of fused-ring (bicyclic) bond motifs is 1. The highest BCUT2D eigenvalue weighted by Gasteiger charge is 2.39. The minimum atomic E-state index is -0.780. The lowest BCUT2D eigenvalue weighted by Crippen LogP contribution is -2.44. The summed E-state index contributed by atoms with van der Waals surface area (Å²) in [5.41, 5.74) is 0.197. The van der Waals surface area contributed by atoms with Crippen molar-refractivity contribution in [2.75, 3.05) is 19.8 Å². The Labute approximate surface area is 134 Å². The summed E-state index contributed by atoms with van der Waals surface area (Å²) in [5, 5.41) is 14.2. The summed E-state index contributed by atoms with van der Waals surface area (Å²) < 4.78 is 19.1. The van der Waals surface area contributed by atoms with Crippen molar-refractivity contribution >= 4 is 16.7 Å². The van der Waals surface area contributed by atoms with E-state index in [0.29, 0.717) is 44.5 Å². The van der Waals surface area contributed by atoms with E-state index in [2.05, 4.69) is 5.32 Å². The van der Waals surface area contributed by atoms with Crippen molar-refractivity contribution < 1.29 is 19.0 Å². The fourth-order valence-corrected chi connectivity index (χ4v) is 3.14. The van der Waals surface area contributed by atoms with E-state index in [-0.39, 0.29) is 5.82 Å². The number of nitrogens with one attached hydrogen (secondary N) is 1. The highest BCUT2D eigenvalue weighted by Crippen LogP contribution is 2.30. The number of hydrogen-bond acceptors (Lipinski definition) is 3. The SMILES string of the molecule is O=C(O)C1(CNCc2ccc(F)c3ccccc23)CCOCC1. The molecular formula is C18H20FNO3. The first-order valence-corrected chi connectivity index (χ1v) is 7.80. The van der Waals surface area contributed by atoms with Gasteiger partial charge in [-0.2, -0.15) is 0 Å². The van der Waals surface area contributed by atoms with Crippen LogP contribution >= 0.6 is 0 Å². The van der Waals surface area contributed by atoms with Crippen molar-refractivity contribution in [3.63, 3.8) is 0 Å². The molecule has 1 fully saturated rings. The van der Waals surface area contributed by atoms with E-state index < -0.39 is 11.4 Å². The van der Waals surface area contributed by atoms with E-state index in [1.807, 2.05) is 18.2 Å². The Morgan fingerprint density at radius 1 is 1.17 bits per heavy atom. The third-order valence-electron chi connectivity index (χ3n) is 4.64. The molecule has 2 aromatic carbocycles. The number of hydrogen-bond donors (Lipinski definition) is 2. The first-order chi connectivity index (χ1) is 11.1. The molecule has 1 aliphatic heterocycles. The highest BCUT2D eigenvalue weighted by molar-refractivity contribution is 5.86. The molecule has 2 N–H and O–H groups in total. The van der Waals surface area contributed by atoms with Gasteiger partial charge in [-0.05, 0) is 29.9 Å². The van der Waals surface area contributed by atoms with Crippen molar-refractivity contribution in [3.05, 3.63) is 47.8 Å². The summed E-state index contributed by atoms with van der Waals surface area (Å²) in [6, 6.07) is 10.5. The number of benzene rings is 2. The van der Waals surface area contributed by atoms with E-state index in [4.69, 9.17) is 4.74 Å². The Morgan fingerprint density at radius 2 is 1.87 bits per heavy atom. The van der Waals surface area contributed by atoms with Gasteiger partial charge in [0.1, 0.15) is 5.82 Å². The number of carboxylic acids is 1. The van der Waals surface area contributed by atoms with Gasteiger partial charge >= 0.3 is 5.97 Å². The van der Waals surface area contributed by atoms with Crippen LogP contribution < -0.4 is 5.32 Å². The summed E-state index contributed by atoms with van der Waals surface area (Å²) in [6.45, 7) is 1.86. The third kappa shape index (κ3) is 3.21. The first kappa shape index (κ1) is 15.9. The van der Waals surface area contributed by atoms with Crippen molar-refractivity contribution in [3.8, 4) is 0 Å². The maximum atomic E-state index is 13.8. The molecule has 4 nitrogen and oxygen atoms in total. The lowest BCUT2D eigenvalue weighted by Gasteiger charge is -2.33. The van der Waals surface area contributed by atoms with E-state index >= 15 is 0 Å². The molecule has 0 bridgehead atoms. The van der Waals surface area contributed by atoms with Gasteiger partial charge < -0.3 is 15.2 Å². The van der Waals surface area contributed by atoms with Crippen molar-refractivity contribution in [2.24, 2.45) is 5.41 Å². The molecule has 0 atom stereocenters. The van der Waals surface area contributed by atoms with Crippen molar-refractivity contribution in [1.82, 2.24) is 5.32 Å². The predicted molar refractivity (Wildman–Crippen MR) is 85.7 cm³/mol. The number of ether oxygens (including phenoxy) is 1. The van der Waals surface area contributed by atoms with Gasteiger partial charge in [0.05, 0.1) is 5.41 Å². The van der Waals surface area contributed by atoms with Crippen LogP contribution in [0, 0.1) is 11.2 Å². The Morgan fingerprint density at radius 3 is 2.57 bits per heavy atom. The minimum absolute atomic E-state index is 0.240. The zero-order valence-electron chi connectivity index (χ0n) is 12.8. The van der Waals surface area contributed by atoms with Gasteiger partial charge in [-0.25, -0.2) is 4.39 Å². The summed E-state index contributed by atoms with van der Waals surface area (Å²) >= 11 is 0. The normalized spacial score (nSPS) is 17.3. The zero-order chi connectivity index (χ0) is 16.3. The minimum Gasteiger partial charge on any atom is -0.481 e. The molecule has 0 aromatic heterocycles. The number of carboxylic acid groups (broad SMARTS) is 1. The van der Waals surface area contributed by atoms with Crippen LogP contribution in [0.2, 0.25) is 0 Å². The molecule has 0 spiro atoms. The second-order valence-corrected chi connectivity index (χ2v) is 6.05. The quantitative estimate of drug-likeness (QED) is 0.890. The zero-order valence-corrected chi connectivity index (χ0v) is 12.8. The molecule has 0 amide bonds. The van der Waals surface area contributed by atoms with Crippen LogP contribution in [0.5, 0.6) is 0 Å². The van der Waals surface area contributed by atoms with Crippen LogP contribution in [0.15, 0.2) is 36.4 Å². The molecule has 1 aliphatic rings. The van der Waals surface area contributed by atoms with Gasteiger partial charge in [-0.15, -0.1) is 0 Å². The lowest BCUT2D eigenvalue weighted by atomic mass is 9.80. The van der Waals surface area contributed by atoms with E-state index in [0.717, 1.165) is 10.9 Å². The van der Waals surface area contributed by atoms with Gasteiger partial charge in [-0.1, -0.05) is 30.3 Å². The van der Waals surface area contributed by atoms with E-state index in [9.17, 15) is 14.3 Å². The van der Waals surface area contributed by atoms with Gasteiger partial charge in [0, 0.05) is 31.7 Å². The second kappa shape index (κ2) is 6.64. The third-order valence-corrected chi connectivity index (χ3v) is 4.64. The molecule has 5 heteroatoms. The average Bonchev–Trinajstić information content (AvgIpc) is 2.58. The molecule has 0 radical (unpaired) electrons. The Bertz CT molecular complexity index is 710. The second-order valence-electron chi connectivity index (χ2n) is 6.05. The first-order valence-electron chi connectivity index (χ1n) is 7.80. The van der Waals surface area contributed by atoms with Crippen LogP contribution in [-0.2, 0) is 16.1 Å². The lowest BCUT2D eigenvalue weighted by molar-refractivity contribution is -0.154. The summed E-state index contributed by atoms with van der Waals surface area (Å²) in [7, 11) is 0. The molecule has 0 aliphatic carbocycles. The fraction of sp³-hybridized carbons (Fsp3) is 0.389. The standard InChI is InChI=1S/C18H20FNO3/c19-16-6-5-13(14-3-1-2-4-15(14)16)11-20-12-18(17(21)22)7-9-23-10-8-18/h1-6,20H,7-12H2,(H,21,22). The Kier molecular flexibility index (Phi) is 4.59. The van der Waals surface area contributed by atoms with Crippen LogP contribution in [0.25, 0.3) is 10.8 Å². The Balaban J connectivity index is 1.73. The van der Waals surface area contributed by atoms with Gasteiger partial charge in [0.2, 0.25) is 0 Å². The maximum Gasteiger partial charge on any atom is 0.311 e. The monoisotopic (exact) mass is 317 g/mol. The summed E-state index contributed by atoms with van der Waals surface area (Å²) in [4.78, 5) is 11.6. The molecule has 0 unspecified atom stereocenters. The number of aliphatic carboxylic acids is 1. The molecule has 2 aromatic rings. The summed E-state index contributed by atoms with van der Waals surface area (Å²) in [6.07, 6.45) is 1.03. The van der Waals surface area contributed by atoms with Crippen LogP contribution in [-0.4, -0.2) is 30.8 Å². The molecule has 23 heavy (non-hydrogen) atoms. The smallest absolute Gasteiger partial charge is 0.311 e. The maximum absolute atomic E-state index is 13.8. The van der Waals surface area contributed by atoms with Gasteiger partial charge in [0.15, 0.2) is 0 Å². The average molecular weight is 317 g/mol. The molecule has 1 heterocycles. The number of carbonyl (C=O) groups is 1.